The lowest BCUT2D eigenvalue weighted by Gasteiger charge is -2.25. The van der Waals surface area contributed by atoms with Crippen molar-refractivity contribution in [1.82, 2.24) is 4.57 Å². The predicted molar refractivity (Wildman–Crippen MR) is 151 cm³/mol. The van der Waals surface area contributed by atoms with Gasteiger partial charge in [0.1, 0.15) is 18.4 Å². The number of nitrogens with zero attached hydrogens (tertiary/aromatic N) is 3. The lowest BCUT2D eigenvalue weighted by Crippen LogP contribution is -2.40. The molecular formula is C30H29N3O6S. The third kappa shape index (κ3) is 6.00. The summed E-state index contributed by atoms with van der Waals surface area (Å²) >= 11 is 1.23. The van der Waals surface area contributed by atoms with Crippen LogP contribution in [0.3, 0.4) is 0 Å². The van der Waals surface area contributed by atoms with Gasteiger partial charge in [0.05, 0.1) is 35.1 Å². The minimum atomic E-state index is -0.785. The van der Waals surface area contributed by atoms with Crippen LogP contribution >= 0.6 is 11.3 Å². The van der Waals surface area contributed by atoms with Crippen LogP contribution in [0, 0.1) is 11.3 Å². The molecule has 40 heavy (non-hydrogen) atoms. The number of allylic oxidation sites excluding steroid dienone is 1. The molecule has 0 saturated carbocycles. The molecule has 0 N–H and O–H groups in total. The van der Waals surface area contributed by atoms with Crippen LogP contribution in [0.25, 0.3) is 6.08 Å². The standard InChI is InChI=1S/C30H29N3O6S/c1-5-15-39-23-13-10-21(18-24(23)36-6-2)27-26(29(35)37-7-3)19(4)32-30-33(27)28(34)25(40-30)17-20-8-11-22(12-9-20)38-16-14-31/h5,8-13,17-18,27H,1,6-7,15-16H2,2-4H3/b25-17+/t27-/m1/s1. The summed E-state index contributed by atoms with van der Waals surface area (Å²) in [5.41, 5.74) is 1.88. The summed E-state index contributed by atoms with van der Waals surface area (Å²) in [5.74, 6) is 1.03. The maximum Gasteiger partial charge on any atom is 0.338 e. The van der Waals surface area contributed by atoms with Crippen molar-refractivity contribution in [3.63, 3.8) is 0 Å². The third-order valence-corrected chi connectivity index (χ3v) is 6.92. The van der Waals surface area contributed by atoms with Gasteiger partial charge < -0.3 is 18.9 Å². The Morgan fingerprint density at radius 3 is 2.58 bits per heavy atom. The van der Waals surface area contributed by atoms with Gasteiger partial charge in [-0.2, -0.15) is 5.26 Å². The Morgan fingerprint density at radius 2 is 1.90 bits per heavy atom. The van der Waals surface area contributed by atoms with Crippen molar-refractivity contribution in [3.8, 4) is 23.3 Å². The molecule has 3 aromatic rings. The van der Waals surface area contributed by atoms with E-state index in [0.29, 0.717) is 51.1 Å². The lowest BCUT2D eigenvalue weighted by atomic mass is 9.95. The molecule has 4 rings (SSSR count). The van der Waals surface area contributed by atoms with Crippen molar-refractivity contribution in [2.45, 2.75) is 26.8 Å². The number of fused-ring (bicyclic) bond motifs is 1. The fourth-order valence-electron chi connectivity index (χ4n) is 4.27. The fraction of sp³-hybridized carbons (Fsp3) is 0.267. The van der Waals surface area contributed by atoms with Crippen molar-refractivity contribution in [2.24, 2.45) is 4.99 Å². The van der Waals surface area contributed by atoms with Gasteiger partial charge in [-0.3, -0.25) is 9.36 Å². The quantitative estimate of drug-likeness (QED) is 0.260. The first kappa shape index (κ1) is 28.4. The van der Waals surface area contributed by atoms with Crippen LogP contribution < -0.4 is 29.1 Å². The monoisotopic (exact) mass is 559 g/mol. The molecule has 2 heterocycles. The number of rotatable bonds is 11. The van der Waals surface area contributed by atoms with Crippen LogP contribution in [0.1, 0.15) is 37.9 Å². The molecule has 1 aliphatic rings. The highest BCUT2D eigenvalue weighted by atomic mass is 32.1. The number of thiazole rings is 1. The third-order valence-electron chi connectivity index (χ3n) is 5.94. The summed E-state index contributed by atoms with van der Waals surface area (Å²) in [5, 5.41) is 8.71. The number of hydrogen-bond acceptors (Lipinski definition) is 9. The van der Waals surface area contributed by atoms with E-state index in [-0.39, 0.29) is 24.3 Å². The zero-order valence-electron chi connectivity index (χ0n) is 22.5. The molecule has 0 radical (unpaired) electrons. The molecule has 0 unspecified atom stereocenters. The predicted octanol–water partition coefficient (Wildman–Crippen LogP) is 3.66. The van der Waals surface area contributed by atoms with E-state index < -0.39 is 12.0 Å². The zero-order valence-corrected chi connectivity index (χ0v) is 23.3. The summed E-state index contributed by atoms with van der Waals surface area (Å²) < 4.78 is 24.2. The molecule has 0 spiro atoms. The van der Waals surface area contributed by atoms with Crippen molar-refractivity contribution in [3.05, 3.63) is 97.2 Å². The molecular weight excluding hydrogens is 530 g/mol. The van der Waals surface area contributed by atoms with Crippen LogP contribution in [0.2, 0.25) is 0 Å². The second-order valence-corrected chi connectivity index (χ2v) is 9.57. The van der Waals surface area contributed by atoms with E-state index in [9.17, 15) is 9.59 Å². The van der Waals surface area contributed by atoms with Gasteiger partial charge in [-0.25, -0.2) is 9.79 Å². The topological polar surface area (TPSA) is 112 Å². The molecule has 206 valence electrons. The Labute approximate surface area is 235 Å². The largest absolute Gasteiger partial charge is 0.490 e. The minimum absolute atomic E-state index is 0.0491. The second-order valence-electron chi connectivity index (χ2n) is 8.56. The minimum Gasteiger partial charge on any atom is -0.490 e. The van der Waals surface area contributed by atoms with Gasteiger partial charge in [-0.1, -0.05) is 42.2 Å². The number of hydrogen-bond donors (Lipinski definition) is 0. The summed E-state index contributed by atoms with van der Waals surface area (Å²) in [7, 11) is 0. The average molecular weight is 560 g/mol. The number of carbonyl (C=O) groups is 1. The van der Waals surface area contributed by atoms with Crippen LogP contribution in [0.15, 0.2) is 76.2 Å². The maximum absolute atomic E-state index is 13.8. The van der Waals surface area contributed by atoms with Gasteiger partial charge >= 0.3 is 5.97 Å². The summed E-state index contributed by atoms with van der Waals surface area (Å²) in [6.07, 6.45) is 3.40. The van der Waals surface area contributed by atoms with Crippen LogP contribution in [0.5, 0.6) is 17.2 Å². The Kier molecular flexibility index (Phi) is 9.19. The smallest absolute Gasteiger partial charge is 0.338 e. The molecule has 9 nitrogen and oxygen atoms in total. The zero-order chi connectivity index (χ0) is 28.6. The Hall–Kier alpha value is -4.62. The van der Waals surface area contributed by atoms with E-state index in [1.165, 1.54) is 15.9 Å². The highest BCUT2D eigenvalue weighted by Gasteiger charge is 2.34. The lowest BCUT2D eigenvalue weighted by molar-refractivity contribution is -0.139. The number of benzene rings is 2. The van der Waals surface area contributed by atoms with E-state index in [4.69, 9.17) is 24.2 Å². The van der Waals surface area contributed by atoms with Crippen LogP contribution in [-0.4, -0.2) is 37.0 Å². The van der Waals surface area contributed by atoms with Crippen molar-refractivity contribution >= 4 is 23.4 Å². The molecule has 0 bridgehead atoms. The van der Waals surface area contributed by atoms with Crippen LogP contribution in [0.4, 0.5) is 0 Å². The summed E-state index contributed by atoms with van der Waals surface area (Å²) in [6, 6.07) is 13.6. The first-order chi connectivity index (χ1) is 19.4. The van der Waals surface area contributed by atoms with Gasteiger partial charge in [0.15, 0.2) is 22.9 Å². The first-order valence-electron chi connectivity index (χ1n) is 12.7. The first-order valence-corrected chi connectivity index (χ1v) is 13.5. The van der Waals surface area contributed by atoms with Gasteiger partial charge in [0, 0.05) is 0 Å². The summed E-state index contributed by atoms with van der Waals surface area (Å²) in [6.45, 7) is 9.85. The van der Waals surface area contributed by atoms with Crippen molar-refractivity contribution in [2.75, 3.05) is 26.4 Å². The van der Waals surface area contributed by atoms with E-state index in [0.717, 1.165) is 5.56 Å². The number of esters is 1. The van der Waals surface area contributed by atoms with Gasteiger partial charge in [-0.05, 0) is 62.2 Å². The van der Waals surface area contributed by atoms with Crippen molar-refractivity contribution < 1.29 is 23.7 Å². The maximum atomic E-state index is 13.8. The highest BCUT2D eigenvalue weighted by Crippen LogP contribution is 2.36. The Morgan fingerprint density at radius 1 is 1.12 bits per heavy atom. The molecule has 1 atom stereocenters. The molecule has 0 saturated heterocycles. The molecule has 0 fully saturated rings. The van der Waals surface area contributed by atoms with Gasteiger partial charge in [0.2, 0.25) is 0 Å². The Bertz CT molecular complexity index is 1660. The number of nitriles is 1. The van der Waals surface area contributed by atoms with Crippen molar-refractivity contribution in [1.29, 1.82) is 5.26 Å². The average Bonchev–Trinajstić information content (AvgIpc) is 3.25. The second kappa shape index (κ2) is 13.0. The highest BCUT2D eigenvalue weighted by molar-refractivity contribution is 7.07. The molecule has 1 aromatic heterocycles. The van der Waals surface area contributed by atoms with Gasteiger partial charge in [-0.15, -0.1) is 0 Å². The SMILES string of the molecule is C=CCOc1ccc([C@@H]2C(C(=O)OCC)=C(C)N=c3s/c(=C/c4ccc(OCC#N)cc4)c(=O)n32)cc1OCC. The van der Waals surface area contributed by atoms with E-state index in [1.807, 2.05) is 13.0 Å². The molecule has 0 amide bonds. The van der Waals surface area contributed by atoms with E-state index in [1.54, 1.807) is 68.5 Å². The molecule has 0 aliphatic carbocycles. The molecule has 1 aliphatic heterocycles. The molecule has 10 heteroatoms. The summed E-state index contributed by atoms with van der Waals surface area (Å²) in [4.78, 5) is 32.1. The number of ether oxygens (including phenoxy) is 4. The molecule has 2 aromatic carbocycles. The van der Waals surface area contributed by atoms with Crippen LogP contribution in [-0.2, 0) is 9.53 Å². The number of carbonyl (C=O) groups excluding carboxylic acids is 1. The number of aromatic nitrogens is 1. The fourth-order valence-corrected chi connectivity index (χ4v) is 5.31. The van der Waals surface area contributed by atoms with Gasteiger partial charge in [0.25, 0.3) is 5.56 Å². The van der Waals surface area contributed by atoms with E-state index >= 15 is 0 Å². The van der Waals surface area contributed by atoms with E-state index in [2.05, 4.69) is 11.6 Å². The normalized spacial score (nSPS) is 14.6. The Balaban J connectivity index is 1.86.